The van der Waals surface area contributed by atoms with Crippen molar-refractivity contribution < 1.29 is 15.0 Å². The molecule has 1 aromatic rings. The Hall–Kier alpha value is -1.35. The highest BCUT2D eigenvalue weighted by Gasteiger charge is 2.06. The van der Waals surface area contributed by atoms with Crippen LogP contribution in [0.15, 0.2) is 30.3 Å². The average molecular weight is 222 g/mol. The van der Waals surface area contributed by atoms with E-state index in [-0.39, 0.29) is 6.42 Å². The summed E-state index contributed by atoms with van der Waals surface area (Å²) in [5.41, 5.74) is 0.931. The number of aliphatic carboxylic acids is 1. The standard InChI is InChI=1S/C13H18O3/c14-12(11-7-3-1-4-8-11)9-5-2-6-10-13(15)16/h1,3-4,7-8,12,14H,2,5-6,9-10H2,(H,15,16). The Balaban J connectivity index is 2.16. The first kappa shape index (κ1) is 12.7. The molecule has 0 fully saturated rings. The van der Waals surface area contributed by atoms with Crippen molar-refractivity contribution in [1.82, 2.24) is 0 Å². The van der Waals surface area contributed by atoms with Gasteiger partial charge in [0.05, 0.1) is 6.10 Å². The number of hydrogen-bond donors (Lipinski definition) is 2. The smallest absolute Gasteiger partial charge is 0.303 e. The van der Waals surface area contributed by atoms with Gasteiger partial charge in [-0.25, -0.2) is 0 Å². The molecule has 0 amide bonds. The third kappa shape index (κ3) is 4.94. The van der Waals surface area contributed by atoms with Gasteiger partial charge in [-0.3, -0.25) is 4.79 Å². The van der Waals surface area contributed by atoms with E-state index in [4.69, 9.17) is 5.11 Å². The summed E-state index contributed by atoms with van der Waals surface area (Å²) in [5.74, 6) is -0.747. The second-order valence-electron chi connectivity index (χ2n) is 3.92. The van der Waals surface area contributed by atoms with Gasteiger partial charge < -0.3 is 10.2 Å². The van der Waals surface area contributed by atoms with Crippen LogP contribution in [0.25, 0.3) is 0 Å². The molecule has 3 heteroatoms. The Labute approximate surface area is 95.7 Å². The van der Waals surface area contributed by atoms with E-state index in [0.29, 0.717) is 12.8 Å². The zero-order valence-corrected chi connectivity index (χ0v) is 9.30. The van der Waals surface area contributed by atoms with Crippen LogP contribution in [-0.2, 0) is 4.79 Å². The van der Waals surface area contributed by atoms with Gasteiger partial charge in [0.1, 0.15) is 0 Å². The van der Waals surface area contributed by atoms with E-state index in [0.717, 1.165) is 18.4 Å². The van der Waals surface area contributed by atoms with Gasteiger partial charge >= 0.3 is 5.97 Å². The summed E-state index contributed by atoms with van der Waals surface area (Å²) in [5, 5.41) is 18.3. The minimum Gasteiger partial charge on any atom is -0.481 e. The van der Waals surface area contributed by atoms with Crippen LogP contribution in [-0.4, -0.2) is 16.2 Å². The Bertz CT molecular complexity index is 308. The molecule has 2 N–H and O–H groups in total. The molecule has 0 aliphatic heterocycles. The van der Waals surface area contributed by atoms with Crippen LogP contribution in [0.3, 0.4) is 0 Å². The summed E-state index contributed by atoms with van der Waals surface area (Å²) in [7, 11) is 0. The molecule has 88 valence electrons. The maximum atomic E-state index is 10.3. The van der Waals surface area contributed by atoms with Gasteiger partial charge in [0, 0.05) is 6.42 Å². The van der Waals surface area contributed by atoms with E-state index in [1.807, 2.05) is 30.3 Å². The molecule has 0 radical (unpaired) electrons. The van der Waals surface area contributed by atoms with Crippen LogP contribution >= 0.6 is 0 Å². The molecular weight excluding hydrogens is 204 g/mol. The Morgan fingerprint density at radius 2 is 1.81 bits per heavy atom. The van der Waals surface area contributed by atoms with E-state index in [2.05, 4.69) is 0 Å². The minimum absolute atomic E-state index is 0.224. The number of rotatable bonds is 7. The fourth-order valence-electron chi connectivity index (χ4n) is 1.63. The summed E-state index contributed by atoms with van der Waals surface area (Å²) in [4.78, 5) is 10.3. The van der Waals surface area contributed by atoms with Crippen molar-refractivity contribution >= 4 is 5.97 Å². The number of unbranched alkanes of at least 4 members (excludes halogenated alkanes) is 2. The number of carbonyl (C=O) groups is 1. The first-order valence-corrected chi connectivity index (χ1v) is 5.65. The van der Waals surface area contributed by atoms with Crippen molar-refractivity contribution in [3.8, 4) is 0 Å². The number of benzene rings is 1. The maximum Gasteiger partial charge on any atom is 0.303 e. The number of aliphatic hydroxyl groups is 1. The van der Waals surface area contributed by atoms with Gasteiger partial charge in [-0.05, 0) is 18.4 Å². The molecule has 0 bridgehead atoms. The summed E-state index contributed by atoms with van der Waals surface area (Å²) in [6.07, 6.45) is 2.91. The van der Waals surface area contributed by atoms with E-state index in [1.165, 1.54) is 0 Å². The largest absolute Gasteiger partial charge is 0.481 e. The molecule has 0 aliphatic rings. The van der Waals surface area contributed by atoms with Crippen LogP contribution < -0.4 is 0 Å². The van der Waals surface area contributed by atoms with Gasteiger partial charge in [0.25, 0.3) is 0 Å². The summed E-state index contributed by atoms with van der Waals surface area (Å²) < 4.78 is 0. The molecule has 1 rings (SSSR count). The van der Waals surface area contributed by atoms with Crippen molar-refractivity contribution in [2.75, 3.05) is 0 Å². The predicted molar refractivity (Wildman–Crippen MR) is 62.1 cm³/mol. The molecule has 3 nitrogen and oxygen atoms in total. The highest BCUT2D eigenvalue weighted by molar-refractivity contribution is 5.66. The highest BCUT2D eigenvalue weighted by atomic mass is 16.4. The monoisotopic (exact) mass is 222 g/mol. The van der Waals surface area contributed by atoms with Crippen molar-refractivity contribution in [3.05, 3.63) is 35.9 Å². The van der Waals surface area contributed by atoms with Crippen molar-refractivity contribution in [2.45, 2.75) is 38.2 Å². The van der Waals surface area contributed by atoms with Crippen LogP contribution in [0.2, 0.25) is 0 Å². The maximum absolute atomic E-state index is 10.3. The zero-order chi connectivity index (χ0) is 11.8. The highest BCUT2D eigenvalue weighted by Crippen LogP contribution is 2.19. The topological polar surface area (TPSA) is 57.5 Å². The lowest BCUT2D eigenvalue weighted by Gasteiger charge is -2.10. The lowest BCUT2D eigenvalue weighted by molar-refractivity contribution is -0.137. The SMILES string of the molecule is O=C(O)CCCCCC(O)c1ccccc1. The molecule has 16 heavy (non-hydrogen) atoms. The number of aliphatic hydroxyl groups excluding tert-OH is 1. The molecule has 0 spiro atoms. The molecule has 0 aliphatic carbocycles. The van der Waals surface area contributed by atoms with Gasteiger partial charge in [0.15, 0.2) is 0 Å². The van der Waals surface area contributed by atoms with E-state index < -0.39 is 12.1 Å². The van der Waals surface area contributed by atoms with Gasteiger partial charge in [-0.2, -0.15) is 0 Å². The second kappa shape index (κ2) is 7.01. The Morgan fingerprint density at radius 3 is 2.44 bits per heavy atom. The molecule has 0 saturated carbocycles. The van der Waals surface area contributed by atoms with Crippen molar-refractivity contribution in [3.63, 3.8) is 0 Å². The molecule has 1 unspecified atom stereocenters. The fourth-order valence-corrected chi connectivity index (χ4v) is 1.63. The third-order valence-electron chi connectivity index (χ3n) is 2.55. The number of hydrogen-bond acceptors (Lipinski definition) is 2. The number of carboxylic acids is 1. The first-order chi connectivity index (χ1) is 7.70. The van der Waals surface area contributed by atoms with Gasteiger partial charge in [0.2, 0.25) is 0 Å². The Morgan fingerprint density at radius 1 is 1.12 bits per heavy atom. The van der Waals surface area contributed by atoms with Crippen LogP contribution in [0.5, 0.6) is 0 Å². The lowest BCUT2D eigenvalue weighted by Crippen LogP contribution is -1.98. The van der Waals surface area contributed by atoms with E-state index in [1.54, 1.807) is 0 Å². The van der Waals surface area contributed by atoms with Crippen LogP contribution in [0.1, 0.15) is 43.8 Å². The molecule has 0 heterocycles. The van der Waals surface area contributed by atoms with Gasteiger partial charge in [-0.1, -0.05) is 43.2 Å². The summed E-state index contributed by atoms with van der Waals surface area (Å²) >= 11 is 0. The third-order valence-corrected chi connectivity index (χ3v) is 2.55. The van der Waals surface area contributed by atoms with Gasteiger partial charge in [-0.15, -0.1) is 0 Å². The quantitative estimate of drug-likeness (QED) is 0.697. The van der Waals surface area contributed by atoms with Crippen molar-refractivity contribution in [1.29, 1.82) is 0 Å². The van der Waals surface area contributed by atoms with E-state index >= 15 is 0 Å². The lowest BCUT2D eigenvalue weighted by atomic mass is 10.0. The minimum atomic E-state index is -0.747. The molecular formula is C13H18O3. The Kier molecular flexibility index (Phi) is 5.57. The molecule has 1 atom stereocenters. The number of carboxylic acid groups (broad SMARTS) is 1. The second-order valence-corrected chi connectivity index (χ2v) is 3.92. The van der Waals surface area contributed by atoms with Crippen LogP contribution in [0, 0.1) is 0 Å². The normalized spacial score (nSPS) is 12.3. The summed E-state index contributed by atoms with van der Waals surface area (Å²) in [6, 6.07) is 9.54. The predicted octanol–water partition coefficient (Wildman–Crippen LogP) is 2.76. The summed E-state index contributed by atoms with van der Waals surface area (Å²) in [6.45, 7) is 0. The zero-order valence-electron chi connectivity index (χ0n) is 9.30. The molecule has 0 saturated heterocycles. The first-order valence-electron chi connectivity index (χ1n) is 5.65. The molecule has 0 aromatic heterocycles. The average Bonchev–Trinajstić information content (AvgIpc) is 2.29. The van der Waals surface area contributed by atoms with Crippen LogP contribution in [0.4, 0.5) is 0 Å². The van der Waals surface area contributed by atoms with E-state index in [9.17, 15) is 9.90 Å². The molecule has 1 aromatic carbocycles. The fraction of sp³-hybridized carbons (Fsp3) is 0.462. The van der Waals surface area contributed by atoms with Crippen molar-refractivity contribution in [2.24, 2.45) is 0 Å².